The number of Topliss-reactive ketones (excluding diaryl/α,β-unsaturated/α-hetero) is 1. The lowest BCUT2D eigenvalue weighted by atomic mass is 9.94. The number of rotatable bonds is 7. The molecule has 2 N–H and O–H groups in total. The van der Waals surface area contributed by atoms with E-state index in [4.69, 9.17) is 9.47 Å². The van der Waals surface area contributed by atoms with Crippen molar-refractivity contribution in [1.82, 2.24) is 14.8 Å². The molecular weight excluding hydrogens is 426 g/mol. The van der Waals surface area contributed by atoms with Gasteiger partial charge in [-0.15, -0.1) is 0 Å². The number of hydrogen-bond acceptors (Lipinski definition) is 7. The van der Waals surface area contributed by atoms with E-state index in [9.17, 15) is 19.5 Å². The Morgan fingerprint density at radius 2 is 1.91 bits per heavy atom. The molecule has 1 fully saturated rings. The standard InChI is InChI=1S/C24H29N3O6/c1-13-17(14(2)25-19(13)24(31)33-6)21(28)18-20(15-8-7-9-16(12-15)32-5)27(11-10-26(3)4)23(30)22(18)29/h7-9,12,20,25,28H,10-11H2,1-6H3/b21-18+/t20-/m0/s1. The summed E-state index contributed by atoms with van der Waals surface area (Å²) in [7, 11) is 6.54. The second-order valence-corrected chi connectivity index (χ2v) is 8.19. The maximum Gasteiger partial charge on any atom is 0.354 e. The molecule has 2 aromatic rings. The molecule has 1 amide bonds. The van der Waals surface area contributed by atoms with Gasteiger partial charge in [0.15, 0.2) is 0 Å². The topological polar surface area (TPSA) is 112 Å². The van der Waals surface area contributed by atoms with Gasteiger partial charge in [0, 0.05) is 24.3 Å². The highest BCUT2D eigenvalue weighted by molar-refractivity contribution is 6.46. The van der Waals surface area contributed by atoms with Crippen LogP contribution >= 0.6 is 0 Å². The molecule has 1 saturated heterocycles. The van der Waals surface area contributed by atoms with Gasteiger partial charge in [-0.25, -0.2) is 4.79 Å². The number of carbonyl (C=O) groups is 3. The molecule has 0 saturated carbocycles. The van der Waals surface area contributed by atoms with Crippen molar-refractivity contribution < 1.29 is 29.0 Å². The highest BCUT2D eigenvalue weighted by Gasteiger charge is 2.46. The van der Waals surface area contributed by atoms with Crippen molar-refractivity contribution in [2.24, 2.45) is 0 Å². The van der Waals surface area contributed by atoms with Crippen molar-refractivity contribution in [2.75, 3.05) is 41.4 Å². The van der Waals surface area contributed by atoms with Crippen molar-refractivity contribution in [3.8, 4) is 5.75 Å². The summed E-state index contributed by atoms with van der Waals surface area (Å²) in [4.78, 5) is 44.6. The first kappa shape index (κ1) is 24.1. The summed E-state index contributed by atoms with van der Waals surface area (Å²) in [6.07, 6.45) is 0. The van der Waals surface area contributed by atoms with Crippen LogP contribution in [0, 0.1) is 13.8 Å². The first-order chi connectivity index (χ1) is 15.6. The Balaban J connectivity index is 2.23. The van der Waals surface area contributed by atoms with E-state index in [-0.39, 0.29) is 23.6 Å². The number of methoxy groups -OCH3 is 2. The molecule has 176 valence electrons. The lowest BCUT2D eigenvalue weighted by Gasteiger charge is -2.26. The van der Waals surface area contributed by atoms with Gasteiger partial charge in [0.05, 0.1) is 25.8 Å². The fourth-order valence-corrected chi connectivity index (χ4v) is 4.12. The Morgan fingerprint density at radius 3 is 2.52 bits per heavy atom. The highest BCUT2D eigenvalue weighted by Crippen LogP contribution is 2.41. The fraction of sp³-hybridized carbons (Fsp3) is 0.375. The van der Waals surface area contributed by atoms with E-state index in [1.807, 2.05) is 19.0 Å². The van der Waals surface area contributed by atoms with Crippen molar-refractivity contribution in [3.05, 3.63) is 57.9 Å². The number of aliphatic hydroxyl groups excluding tert-OH is 1. The van der Waals surface area contributed by atoms with Crippen LogP contribution in [-0.4, -0.2) is 79.0 Å². The normalized spacial score (nSPS) is 17.7. The van der Waals surface area contributed by atoms with E-state index in [1.165, 1.54) is 19.1 Å². The van der Waals surface area contributed by atoms with Gasteiger partial charge in [-0.1, -0.05) is 12.1 Å². The van der Waals surface area contributed by atoms with E-state index < -0.39 is 23.7 Å². The SMILES string of the molecule is COC(=O)c1[nH]c(C)c(/C(O)=C2\C(=O)C(=O)N(CCN(C)C)[C@H]2c2cccc(OC)c2)c1C. The molecule has 0 radical (unpaired) electrons. The number of aliphatic hydroxyl groups is 1. The smallest absolute Gasteiger partial charge is 0.354 e. The van der Waals surface area contributed by atoms with Crippen LogP contribution in [0.25, 0.3) is 5.76 Å². The number of aromatic nitrogens is 1. The zero-order valence-electron chi connectivity index (χ0n) is 19.7. The number of hydrogen-bond donors (Lipinski definition) is 2. The molecule has 0 bridgehead atoms. The van der Waals surface area contributed by atoms with E-state index in [1.54, 1.807) is 38.1 Å². The fourth-order valence-electron chi connectivity index (χ4n) is 4.12. The minimum Gasteiger partial charge on any atom is -0.507 e. The third-order valence-corrected chi connectivity index (χ3v) is 5.80. The number of likely N-dealkylation sites (N-methyl/N-ethyl adjacent to an activating group) is 1. The van der Waals surface area contributed by atoms with E-state index >= 15 is 0 Å². The average molecular weight is 456 g/mol. The molecule has 0 spiro atoms. The van der Waals surface area contributed by atoms with Crippen LogP contribution in [0.15, 0.2) is 29.8 Å². The van der Waals surface area contributed by atoms with Gasteiger partial charge in [0.1, 0.15) is 17.2 Å². The molecule has 1 aromatic heterocycles. The number of ketones is 1. The summed E-state index contributed by atoms with van der Waals surface area (Å²) in [5.74, 6) is -1.84. The molecule has 0 aliphatic carbocycles. The van der Waals surface area contributed by atoms with Gasteiger partial charge in [-0.2, -0.15) is 0 Å². The summed E-state index contributed by atoms with van der Waals surface area (Å²) in [6, 6.07) is 6.24. The van der Waals surface area contributed by atoms with Crippen LogP contribution in [0.5, 0.6) is 5.75 Å². The maximum absolute atomic E-state index is 13.2. The van der Waals surface area contributed by atoms with Gasteiger partial charge < -0.3 is 29.4 Å². The Bertz CT molecular complexity index is 1130. The molecule has 33 heavy (non-hydrogen) atoms. The number of aromatic amines is 1. The number of ether oxygens (including phenoxy) is 2. The molecule has 1 aliphatic heterocycles. The summed E-state index contributed by atoms with van der Waals surface area (Å²) in [6.45, 7) is 4.14. The number of aryl methyl sites for hydroxylation is 1. The Labute approximate surface area is 192 Å². The number of benzene rings is 1. The van der Waals surface area contributed by atoms with Crippen LogP contribution < -0.4 is 4.74 Å². The minimum absolute atomic E-state index is 0.0337. The molecule has 1 aromatic carbocycles. The van der Waals surface area contributed by atoms with Gasteiger partial charge in [-0.05, 0) is 51.2 Å². The number of likely N-dealkylation sites (tertiary alicyclic amines) is 1. The molecular formula is C24H29N3O6. The number of nitrogens with zero attached hydrogens (tertiary/aromatic N) is 2. The van der Waals surface area contributed by atoms with Crippen LogP contribution in [0.1, 0.15) is 38.9 Å². The lowest BCUT2D eigenvalue weighted by molar-refractivity contribution is -0.140. The number of carbonyl (C=O) groups excluding carboxylic acids is 3. The number of esters is 1. The average Bonchev–Trinajstić information content (AvgIpc) is 3.23. The second-order valence-electron chi connectivity index (χ2n) is 8.19. The molecule has 9 heteroatoms. The summed E-state index contributed by atoms with van der Waals surface area (Å²) < 4.78 is 10.1. The third kappa shape index (κ3) is 4.36. The quantitative estimate of drug-likeness (QED) is 0.285. The van der Waals surface area contributed by atoms with Crippen molar-refractivity contribution in [1.29, 1.82) is 0 Å². The number of nitrogens with one attached hydrogen (secondary N) is 1. The van der Waals surface area contributed by atoms with Crippen LogP contribution in [0.3, 0.4) is 0 Å². The van der Waals surface area contributed by atoms with Crippen LogP contribution in [-0.2, 0) is 14.3 Å². The Kier molecular flexibility index (Phi) is 6.92. The van der Waals surface area contributed by atoms with Crippen LogP contribution in [0.2, 0.25) is 0 Å². The summed E-state index contributed by atoms with van der Waals surface area (Å²) >= 11 is 0. The third-order valence-electron chi connectivity index (χ3n) is 5.80. The lowest BCUT2D eigenvalue weighted by Crippen LogP contribution is -2.35. The van der Waals surface area contributed by atoms with E-state index in [0.717, 1.165) is 0 Å². The first-order valence-corrected chi connectivity index (χ1v) is 10.5. The molecule has 1 aliphatic rings. The maximum atomic E-state index is 13.2. The van der Waals surface area contributed by atoms with Gasteiger partial charge in [-0.3, -0.25) is 9.59 Å². The first-order valence-electron chi connectivity index (χ1n) is 10.5. The van der Waals surface area contributed by atoms with Crippen molar-refractivity contribution in [2.45, 2.75) is 19.9 Å². The van der Waals surface area contributed by atoms with Crippen molar-refractivity contribution in [3.63, 3.8) is 0 Å². The monoisotopic (exact) mass is 455 g/mol. The zero-order valence-corrected chi connectivity index (χ0v) is 19.7. The molecule has 1 atom stereocenters. The molecule has 2 heterocycles. The Hall–Kier alpha value is -3.59. The molecule has 3 rings (SSSR count). The molecule has 9 nitrogen and oxygen atoms in total. The predicted octanol–water partition coefficient (Wildman–Crippen LogP) is 2.41. The van der Waals surface area contributed by atoms with Gasteiger partial charge in [0.25, 0.3) is 11.7 Å². The molecule has 0 unspecified atom stereocenters. The number of H-pyrrole nitrogens is 1. The Morgan fingerprint density at radius 1 is 1.21 bits per heavy atom. The highest BCUT2D eigenvalue weighted by atomic mass is 16.5. The van der Waals surface area contributed by atoms with Crippen molar-refractivity contribution >= 4 is 23.4 Å². The minimum atomic E-state index is -0.810. The van der Waals surface area contributed by atoms with E-state index in [2.05, 4.69) is 4.98 Å². The van der Waals surface area contributed by atoms with E-state index in [0.29, 0.717) is 34.7 Å². The summed E-state index contributed by atoms with van der Waals surface area (Å²) in [5, 5.41) is 11.4. The van der Waals surface area contributed by atoms with Gasteiger partial charge in [0.2, 0.25) is 0 Å². The predicted molar refractivity (Wildman–Crippen MR) is 122 cm³/mol. The van der Waals surface area contributed by atoms with Gasteiger partial charge >= 0.3 is 5.97 Å². The number of amides is 1. The largest absolute Gasteiger partial charge is 0.507 e. The van der Waals surface area contributed by atoms with Crippen LogP contribution in [0.4, 0.5) is 0 Å². The summed E-state index contributed by atoms with van der Waals surface area (Å²) in [5.41, 5.74) is 1.99. The zero-order chi connectivity index (χ0) is 24.4. The second kappa shape index (κ2) is 9.50.